The number of para-hydroxylation sites is 4. The number of fused-ring (bicyclic) bond motifs is 6. The lowest BCUT2D eigenvalue weighted by atomic mass is 9.89. The van der Waals surface area contributed by atoms with Gasteiger partial charge in [-0.2, -0.15) is 0 Å². The van der Waals surface area contributed by atoms with E-state index in [1.807, 2.05) is 12.4 Å². The van der Waals surface area contributed by atoms with E-state index in [9.17, 15) is 0 Å². The van der Waals surface area contributed by atoms with Gasteiger partial charge in [-0.3, -0.25) is 4.98 Å². The van der Waals surface area contributed by atoms with Crippen LogP contribution >= 0.6 is 0 Å². The molecule has 0 aliphatic rings. The van der Waals surface area contributed by atoms with Crippen LogP contribution in [0, 0.1) is 0 Å². The first kappa shape index (κ1) is 28.3. The third kappa shape index (κ3) is 4.27. The molecule has 0 saturated carbocycles. The molecule has 0 aliphatic carbocycles. The predicted octanol–water partition coefficient (Wildman–Crippen LogP) is 12.3. The van der Waals surface area contributed by atoms with Crippen LogP contribution in [0.3, 0.4) is 0 Å². The Labute approximate surface area is 290 Å². The van der Waals surface area contributed by atoms with Crippen molar-refractivity contribution in [2.24, 2.45) is 0 Å². The molecule has 3 heterocycles. The zero-order valence-corrected chi connectivity index (χ0v) is 27.2. The maximum atomic E-state index is 4.55. The molecule has 0 atom stereocenters. The van der Waals surface area contributed by atoms with E-state index in [1.54, 1.807) is 0 Å². The quantitative estimate of drug-likeness (QED) is 0.184. The van der Waals surface area contributed by atoms with E-state index in [0.29, 0.717) is 0 Å². The minimum Gasteiger partial charge on any atom is -0.308 e. The maximum absolute atomic E-state index is 4.55. The summed E-state index contributed by atoms with van der Waals surface area (Å²) < 4.78 is 4.92. The Bertz CT molecular complexity index is 2750. The van der Waals surface area contributed by atoms with Crippen LogP contribution in [0.15, 0.2) is 188 Å². The van der Waals surface area contributed by atoms with Gasteiger partial charge in [0.15, 0.2) is 0 Å². The number of hydrogen-bond acceptors (Lipinski definition) is 1. The third-order valence-corrected chi connectivity index (χ3v) is 10.0. The van der Waals surface area contributed by atoms with Crippen LogP contribution in [0.4, 0.5) is 0 Å². The predicted molar refractivity (Wildman–Crippen MR) is 209 cm³/mol. The van der Waals surface area contributed by atoms with Gasteiger partial charge in [0, 0.05) is 50.6 Å². The van der Waals surface area contributed by atoms with E-state index in [1.165, 1.54) is 55.0 Å². The van der Waals surface area contributed by atoms with Gasteiger partial charge < -0.3 is 9.13 Å². The van der Waals surface area contributed by atoms with Crippen LogP contribution in [0.5, 0.6) is 0 Å². The van der Waals surface area contributed by atoms with Gasteiger partial charge in [-0.25, -0.2) is 0 Å². The average molecular weight is 638 g/mol. The highest BCUT2D eigenvalue weighted by Crippen LogP contribution is 2.47. The Morgan fingerprint density at radius 3 is 1.48 bits per heavy atom. The molecule has 0 radical (unpaired) electrons. The van der Waals surface area contributed by atoms with Crippen molar-refractivity contribution in [3.05, 3.63) is 188 Å². The van der Waals surface area contributed by atoms with Crippen molar-refractivity contribution in [1.29, 1.82) is 0 Å². The number of aromatic nitrogens is 3. The minimum atomic E-state index is 1.12. The van der Waals surface area contributed by atoms with Gasteiger partial charge in [0.05, 0.1) is 33.4 Å². The van der Waals surface area contributed by atoms with E-state index in [-0.39, 0.29) is 0 Å². The monoisotopic (exact) mass is 637 g/mol. The van der Waals surface area contributed by atoms with Crippen LogP contribution in [0.1, 0.15) is 0 Å². The Morgan fingerprint density at radius 2 is 0.820 bits per heavy atom. The average Bonchev–Trinajstić information content (AvgIpc) is 3.71. The second-order valence-corrected chi connectivity index (χ2v) is 12.7. The summed E-state index contributed by atoms with van der Waals surface area (Å²) in [5.74, 6) is 0. The Morgan fingerprint density at radius 1 is 0.340 bits per heavy atom. The van der Waals surface area contributed by atoms with Crippen molar-refractivity contribution >= 4 is 43.6 Å². The molecule has 0 N–H and O–H groups in total. The van der Waals surface area contributed by atoms with Crippen LogP contribution in [0.25, 0.3) is 88.4 Å². The number of pyridine rings is 1. The fraction of sp³-hybridized carbons (Fsp3) is 0. The molecule has 50 heavy (non-hydrogen) atoms. The fourth-order valence-corrected chi connectivity index (χ4v) is 7.94. The van der Waals surface area contributed by atoms with Crippen LogP contribution in [-0.4, -0.2) is 14.1 Å². The van der Waals surface area contributed by atoms with Gasteiger partial charge in [-0.15, -0.1) is 0 Å². The lowest BCUT2D eigenvalue weighted by molar-refractivity contribution is 1.16. The molecular formula is C47H31N3. The van der Waals surface area contributed by atoms with Crippen molar-refractivity contribution in [1.82, 2.24) is 14.1 Å². The molecule has 0 unspecified atom stereocenters. The van der Waals surface area contributed by atoms with Gasteiger partial charge in [0.25, 0.3) is 0 Å². The molecule has 7 aromatic carbocycles. The van der Waals surface area contributed by atoms with Crippen LogP contribution in [-0.2, 0) is 0 Å². The first-order valence-corrected chi connectivity index (χ1v) is 17.1. The van der Waals surface area contributed by atoms with Gasteiger partial charge in [0.2, 0.25) is 0 Å². The molecular weight excluding hydrogens is 607 g/mol. The standard InChI is InChI=1S/C47H31N3/c1-3-15-32(16-4-1)34-22-14-28-45(49-41-25-10-9-21-38(41)40-31-48-30-29-44(40)49)46(34)39-24-13-23-35(33-17-5-2-6-18-33)47(39)50-42-26-11-7-19-36(42)37-20-8-12-27-43(37)50/h1-31H. The van der Waals surface area contributed by atoms with E-state index < -0.39 is 0 Å². The molecule has 3 aromatic heterocycles. The first-order chi connectivity index (χ1) is 24.9. The van der Waals surface area contributed by atoms with Crippen molar-refractivity contribution in [3.8, 4) is 44.8 Å². The summed E-state index contributed by atoms with van der Waals surface area (Å²) in [4.78, 5) is 4.55. The maximum Gasteiger partial charge on any atom is 0.0619 e. The molecule has 0 bridgehead atoms. The van der Waals surface area contributed by atoms with Gasteiger partial charge in [0.1, 0.15) is 0 Å². The largest absolute Gasteiger partial charge is 0.308 e. The summed E-state index contributed by atoms with van der Waals surface area (Å²) in [6.07, 6.45) is 3.90. The van der Waals surface area contributed by atoms with Crippen LogP contribution in [0.2, 0.25) is 0 Å². The smallest absolute Gasteiger partial charge is 0.0619 e. The van der Waals surface area contributed by atoms with E-state index in [2.05, 4.69) is 190 Å². The topological polar surface area (TPSA) is 22.8 Å². The second-order valence-electron chi connectivity index (χ2n) is 12.7. The highest BCUT2D eigenvalue weighted by molar-refractivity contribution is 6.12. The van der Waals surface area contributed by atoms with E-state index in [0.717, 1.165) is 33.4 Å². The van der Waals surface area contributed by atoms with Crippen LogP contribution < -0.4 is 0 Å². The molecule has 10 aromatic rings. The Kier molecular flexibility index (Phi) is 6.49. The molecule has 0 saturated heterocycles. The number of rotatable bonds is 5. The Hall–Kier alpha value is -6.71. The van der Waals surface area contributed by atoms with Crippen molar-refractivity contribution in [3.63, 3.8) is 0 Å². The van der Waals surface area contributed by atoms with Gasteiger partial charge in [-0.05, 0) is 47.0 Å². The molecule has 0 amide bonds. The number of nitrogens with zero attached hydrogens (tertiary/aromatic N) is 3. The van der Waals surface area contributed by atoms with Gasteiger partial charge in [-0.1, -0.05) is 146 Å². The minimum absolute atomic E-state index is 1.12. The fourth-order valence-electron chi connectivity index (χ4n) is 7.94. The summed E-state index contributed by atoms with van der Waals surface area (Å²) in [5.41, 5.74) is 14.0. The highest BCUT2D eigenvalue weighted by atomic mass is 15.0. The van der Waals surface area contributed by atoms with E-state index >= 15 is 0 Å². The molecule has 3 nitrogen and oxygen atoms in total. The molecule has 0 spiro atoms. The van der Waals surface area contributed by atoms with Crippen molar-refractivity contribution < 1.29 is 0 Å². The van der Waals surface area contributed by atoms with Crippen molar-refractivity contribution in [2.45, 2.75) is 0 Å². The molecule has 0 aliphatic heterocycles. The molecule has 3 heteroatoms. The van der Waals surface area contributed by atoms with Gasteiger partial charge >= 0.3 is 0 Å². The Balaban J connectivity index is 1.42. The highest BCUT2D eigenvalue weighted by Gasteiger charge is 2.25. The SMILES string of the molecule is c1ccc(-c2cccc(-n3c4ccccc4c4cnccc43)c2-c2cccc(-c3ccccc3)c2-n2c3ccccc3c3ccccc32)cc1. The zero-order valence-electron chi connectivity index (χ0n) is 27.2. The third-order valence-electron chi connectivity index (χ3n) is 10.0. The lowest BCUT2D eigenvalue weighted by Gasteiger charge is -2.24. The number of hydrogen-bond donors (Lipinski definition) is 0. The summed E-state index contributed by atoms with van der Waals surface area (Å²) in [5, 5.41) is 4.80. The summed E-state index contributed by atoms with van der Waals surface area (Å²) in [7, 11) is 0. The summed E-state index contributed by atoms with van der Waals surface area (Å²) in [6.45, 7) is 0. The summed E-state index contributed by atoms with van der Waals surface area (Å²) >= 11 is 0. The molecule has 10 rings (SSSR count). The lowest BCUT2D eigenvalue weighted by Crippen LogP contribution is -2.04. The second kappa shape index (κ2) is 11.5. The molecule has 234 valence electrons. The molecule has 0 fully saturated rings. The summed E-state index contributed by atoms with van der Waals surface area (Å²) in [6, 6.07) is 63.5. The van der Waals surface area contributed by atoms with Crippen molar-refractivity contribution in [2.75, 3.05) is 0 Å². The first-order valence-electron chi connectivity index (χ1n) is 17.1. The normalized spacial score (nSPS) is 11.6. The number of benzene rings is 7. The van der Waals surface area contributed by atoms with E-state index in [4.69, 9.17) is 0 Å². The zero-order chi connectivity index (χ0) is 33.0.